The lowest BCUT2D eigenvalue weighted by Crippen LogP contribution is -2.03. The zero-order valence-corrected chi connectivity index (χ0v) is 7.25. The highest BCUT2D eigenvalue weighted by Crippen LogP contribution is 1.96. The second kappa shape index (κ2) is 2.95. The largest absolute Gasteiger partial charge is 0.463 e. The Labute approximate surface area is 70.3 Å². The van der Waals surface area contributed by atoms with E-state index in [2.05, 4.69) is 19.9 Å². The van der Waals surface area contributed by atoms with Gasteiger partial charge in [-0.15, -0.1) is 5.10 Å². The van der Waals surface area contributed by atoms with E-state index >= 15 is 0 Å². The molecule has 0 fully saturated rings. The Morgan fingerprint density at radius 3 is 2.90 bits per heavy atom. The molecule has 0 saturated carbocycles. The van der Waals surface area contributed by atoms with Crippen LogP contribution in [0.4, 0.5) is 0 Å². The number of ether oxygens (including phenoxy) is 1. The van der Waals surface area contributed by atoms with Crippen molar-refractivity contribution in [2.45, 2.75) is 0 Å². The van der Waals surface area contributed by atoms with Crippen molar-refractivity contribution in [3.63, 3.8) is 0 Å². The number of carbonyl (C=O) groups excluding carboxylic acids is 1. The first kappa shape index (κ1) is 7.45. The Morgan fingerprint density at radius 2 is 2.50 bits per heavy atom. The lowest BCUT2D eigenvalue weighted by Gasteiger charge is -1.88. The van der Waals surface area contributed by atoms with Crippen LogP contribution in [0.25, 0.3) is 0 Å². The number of esters is 1. The summed E-state index contributed by atoms with van der Waals surface area (Å²) >= 11 is 1.89. The molecule has 1 heterocycles. The van der Waals surface area contributed by atoms with E-state index in [-0.39, 0.29) is 5.82 Å². The quantitative estimate of drug-likeness (QED) is 0.573. The second-order valence-electron chi connectivity index (χ2n) is 1.44. The molecule has 0 aliphatic rings. The van der Waals surface area contributed by atoms with Gasteiger partial charge < -0.3 is 4.74 Å². The molecule has 1 aromatic heterocycles. The molecule has 6 heteroatoms. The number of aromatic amines is 1. The molecule has 1 N–H and O–H groups in total. The third-order valence-corrected chi connectivity index (χ3v) is 1.32. The summed E-state index contributed by atoms with van der Waals surface area (Å²) in [7, 11) is 1.29. The lowest BCUT2D eigenvalue weighted by molar-refractivity contribution is 0.0587. The molecule has 0 bridgehead atoms. The first-order valence-electron chi connectivity index (χ1n) is 2.40. The van der Waals surface area contributed by atoms with Gasteiger partial charge in [0.15, 0.2) is 0 Å². The minimum absolute atomic E-state index is 0.131. The Hall–Kier alpha value is -0.660. The van der Waals surface area contributed by atoms with Gasteiger partial charge in [-0.2, -0.15) is 4.98 Å². The number of carbonyl (C=O) groups is 1. The van der Waals surface area contributed by atoms with E-state index < -0.39 is 5.97 Å². The number of rotatable bonds is 1. The summed E-state index contributed by atoms with van der Waals surface area (Å²) in [6.07, 6.45) is 0. The summed E-state index contributed by atoms with van der Waals surface area (Å²) in [5, 5.41) is 6.05. The zero-order valence-electron chi connectivity index (χ0n) is 5.09. The highest BCUT2D eigenvalue weighted by molar-refractivity contribution is 14.1. The number of H-pyrrole nitrogens is 1. The molecule has 0 spiro atoms. The predicted octanol–water partition coefficient (Wildman–Crippen LogP) is 0.196. The molecule has 0 aliphatic carbocycles. The van der Waals surface area contributed by atoms with Crippen molar-refractivity contribution >= 4 is 28.6 Å². The van der Waals surface area contributed by atoms with Crippen LogP contribution >= 0.6 is 22.6 Å². The molecule has 0 unspecified atom stereocenters. The molecule has 0 aliphatic heterocycles. The van der Waals surface area contributed by atoms with E-state index in [1.807, 2.05) is 22.6 Å². The van der Waals surface area contributed by atoms with E-state index in [0.29, 0.717) is 3.83 Å². The van der Waals surface area contributed by atoms with Crippen LogP contribution in [0, 0.1) is 3.83 Å². The van der Waals surface area contributed by atoms with Crippen molar-refractivity contribution in [2.24, 2.45) is 0 Å². The zero-order chi connectivity index (χ0) is 7.56. The lowest BCUT2D eigenvalue weighted by atomic mass is 10.6. The molecule has 0 aromatic carbocycles. The summed E-state index contributed by atoms with van der Waals surface area (Å²) in [5.41, 5.74) is 0. The van der Waals surface area contributed by atoms with Crippen LogP contribution in [-0.4, -0.2) is 28.3 Å². The summed E-state index contributed by atoms with van der Waals surface area (Å²) in [4.78, 5) is 14.4. The minimum Gasteiger partial charge on any atom is -0.463 e. The van der Waals surface area contributed by atoms with Gasteiger partial charge in [0, 0.05) is 22.6 Å². The third kappa shape index (κ3) is 1.43. The molecular weight excluding hydrogens is 249 g/mol. The van der Waals surface area contributed by atoms with E-state index in [0.717, 1.165) is 0 Å². The molecule has 0 saturated heterocycles. The van der Waals surface area contributed by atoms with Crippen LogP contribution in [-0.2, 0) is 4.74 Å². The van der Waals surface area contributed by atoms with Crippen LogP contribution in [0.3, 0.4) is 0 Å². The van der Waals surface area contributed by atoms with Gasteiger partial charge in [-0.05, 0) is 0 Å². The summed E-state index contributed by atoms with van der Waals surface area (Å²) in [5.74, 6) is -0.373. The monoisotopic (exact) mass is 253 g/mol. The van der Waals surface area contributed by atoms with Gasteiger partial charge in [-0.25, -0.2) is 4.79 Å². The van der Waals surface area contributed by atoms with Crippen molar-refractivity contribution < 1.29 is 9.53 Å². The molecule has 1 rings (SSSR count). The maximum absolute atomic E-state index is 10.7. The predicted molar refractivity (Wildman–Crippen MR) is 40.4 cm³/mol. The SMILES string of the molecule is COC(=O)c1nc(I)n[nH]1. The van der Waals surface area contributed by atoms with Gasteiger partial charge >= 0.3 is 5.97 Å². The summed E-state index contributed by atoms with van der Waals surface area (Å²) in [6, 6.07) is 0. The highest BCUT2D eigenvalue weighted by atomic mass is 127. The third-order valence-electron chi connectivity index (χ3n) is 0.837. The van der Waals surface area contributed by atoms with Gasteiger partial charge in [0.2, 0.25) is 9.66 Å². The maximum atomic E-state index is 10.7. The van der Waals surface area contributed by atoms with Gasteiger partial charge in [0.05, 0.1) is 7.11 Å². The Morgan fingerprint density at radius 1 is 1.80 bits per heavy atom. The number of aromatic nitrogens is 3. The smallest absolute Gasteiger partial charge is 0.375 e. The number of nitrogens with one attached hydrogen (secondary N) is 1. The first-order chi connectivity index (χ1) is 4.74. The van der Waals surface area contributed by atoms with Crippen molar-refractivity contribution in [2.75, 3.05) is 7.11 Å². The number of nitrogens with zero attached hydrogens (tertiary/aromatic N) is 2. The van der Waals surface area contributed by atoms with Crippen molar-refractivity contribution in [3.05, 3.63) is 9.66 Å². The number of halogens is 1. The van der Waals surface area contributed by atoms with E-state index in [9.17, 15) is 4.79 Å². The Bertz CT molecular complexity index is 246. The Kier molecular flexibility index (Phi) is 2.20. The van der Waals surface area contributed by atoms with Gasteiger partial charge in [0.1, 0.15) is 0 Å². The second-order valence-corrected chi connectivity index (χ2v) is 2.41. The van der Waals surface area contributed by atoms with Crippen LogP contribution in [0.2, 0.25) is 0 Å². The van der Waals surface area contributed by atoms with E-state index in [1.165, 1.54) is 7.11 Å². The Balaban J connectivity index is 2.85. The normalized spacial score (nSPS) is 9.40. The molecule has 0 atom stereocenters. The first-order valence-corrected chi connectivity index (χ1v) is 3.48. The highest BCUT2D eigenvalue weighted by Gasteiger charge is 2.09. The average molecular weight is 253 g/mol. The molecule has 0 amide bonds. The van der Waals surface area contributed by atoms with Gasteiger partial charge in [-0.3, -0.25) is 5.10 Å². The fraction of sp³-hybridized carbons (Fsp3) is 0.250. The molecular formula is C4H4IN3O2. The number of hydrogen-bond donors (Lipinski definition) is 1. The topological polar surface area (TPSA) is 67.9 Å². The molecule has 1 aromatic rings. The molecule has 0 radical (unpaired) electrons. The number of methoxy groups -OCH3 is 1. The van der Waals surface area contributed by atoms with Gasteiger partial charge in [-0.1, -0.05) is 0 Å². The summed E-state index contributed by atoms with van der Waals surface area (Å²) in [6.45, 7) is 0. The van der Waals surface area contributed by atoms with Crippen LogP contribution < -0.4 is 0 Å². The van der Waals surface area contributed by atoms with Crippen LogP contribution in [0.1, 0.15) is 10.6 Å². The fourth-order valence-corrected chi connectivity index (χ4v) is 0.791. The number of hydrogen-bond acceptors (Lipinski definition) is 4. The summed E-state index contributed by atoms with van der Waals surface area (Å²) < 4.78 is 4.87. The fourth-order valence-electron chi connectivity index (χ4n) is 0.429. The molecule has 54 valence electrons. The van der Waals surface area contributed by atoms with Crippen LogP contribution in [0.15, 0.2) is 0 Å². The van der Waals surface area contributed by atoms with Crippen LogP contribution in [0.5, 0.6) is 0 Å². The van der Waals surface area contributed by atoms with Gasteiger partial charge in [0.25, 0.3) is 0 Å². The van der Waals surface area contributed by atoms with E-state index in [4.69, 9.17) is 0 Å². The molecule has 10 heavy (non-hydrogen) atoms. The average Bonchev–Trinajstić information content (AvgIpc) is 2.34. The van der Waals surface area contributed by atoms with Crippen molar-refractivity contribution in [1.29, 1.82) is 0 Å². The van der Waals surface area contributed by atoms with Crippen molar-refractivity contribution in [1.82, 2.24) is 15.2 Å². The maximum Gasteiger partial charge on any atom is 0.375 e. The standard InChI is InChI=1S/C4H4IN3O2/c1-10-3(9)2-6-4(5)8-7-2/h1H3,(H,6,7,8). The van der Waals surface area contributed by atoms with Crippen molar-refractivity contribution in [3.8, 4) is 0 Å². The minimum atomic E-state index is -0.504. The molecule has 5 nitrogen and oxygen atoms in total. The van der Waals surface area contributed by atoms with E-state index in [1.54, 1.807) is 0 Å².